The number of amides is 1. The van der Waals surface area contributed by atoms with Gasteiger partial charge in [-0.1, -0.05) is 17.7 Å². The molecule has 0 aliphatic heterocycles. The zero-order valence-corrected chi connectivity index (χ0v) is 11.5. The minimum absolute atomic E-state index is 0.132. The lowest BCUT2D eigenvalue weighted by molar-refractivity contribution is 0.102. The summed E-state index contributed by atoms with van der Waals surface area (Å²) in [5.41, 5.74) is 4.65. The van der Waals surface area contributed by atoms with Crippen LogP contribution in [0.15, 0.2) is 36.4 Å². The third-order valence-corrected chi connectivity index (χ3v) is 3.07. The van der Waals surface area contributed by atoms with Crippen molar-refractivity contribution in [2.75, 3.05) is 10.7 Å². The molecule has 104 valence electrons. The average molecular weight is 294 g/mol. The van der Waals surface area contributed by atoms with Gasteiger partial charge < -0.3 is 10.7 Å². The molecule has 0 radical (unpaired) electrons. The summed E-state index contributed by atoms with van der Waals surface area (Å²) >= 11 is 5.86. The summed E-state index contributed by atoms with van der Waals surface area (Å²) in [5.74, 6) is 4.55. The molecule has 0 aliphatic carbocycles. The van der Waals surface area contributed by atoms with Crippen molar-refractivity contribution in [1.29, 1.82) is 0 Å². The van der Waals surface area contributed by atoms with Gasteiger partial charge in [-0.05, 0) is 42.8 Å². The lowest BCUT2D eigenvalue weighted by atomic mass is 10.1. The van der Waals surface area contributed by atoms with Crippen LogP contribution in [0.4, 0.5) is 15.8 Å². The predicted molar refractivity (Wildman–Crippen MR) is 78.4 cm³/mol. The highest BCUT2D eigenvalue weighted by Crippen LogP contribution is 2.24. The van der Waals surface area contributed by atoms with E-state index in [-0.39, 0.29) is 10.9 Å². The summed E-state index contributed by atoms with van der Waals surface area (Å²) in [4.78, 5) is 12.2. The molecule has 0 atom stereocenters. The zero-order chi connectivity index (χ0) is 14.7. The van der Waals surface area contributed by atoms with Crippen molar-refractivity contribution in [2.24, 2.45) is 5.84 Å². The van der Waals surface area contributed by atoms with Crippen molar-refractivity contribution in [2.45, 2.75) is 6.92 Å². The fourth-order valence-electron chi connectivity index (χ4n) is 1.76. The Balaban J connectivity index is 2.28. The van der Waals surface area contributed by atoms with Gasteiger partial charge in [0, 0.05) is 0 Å². The lowest BCUT2D eigenvalue weighted by Gasteiger charge is -2.11. The molecule has 0 heterocycles. The van der Waals surface area contributed by atoms with Crippen LogP contribution in [0.1, 0.15) is 15.9 Å². The first-order valence-electron chi connectivity index (χ1n) is 5.85. The summed E-state index contributed by atoms with van der Waals surface area (Å²) in [6.07, 6.45) is 0. The normalized spacial score (nSPS) is 10.2. The Morgan fingerprint density at radius 2 is 1.95 bits per heavy atom. The number of halogens is 2. The van der Waals surface area contributed by atoms with E-state index in [1.165, 1.54) is 12.1 Å². The highest BCUT2D eigenvalue weighted by atomic mass is 35.5. The Morgan fingerprint density at radius 1 is 1.20 bits per heavy atom. The number of aryl methyl sites for hydroxylation is 1. The Kier molecular flexibility index (Phi) is 4.22. The molecule has 0 aliphatic rings. The number of rotatable bonds is 3. The molecule has 1 amide bonds. The topological polar surface area (TPSA) is 67.2 Å². The van der Waals surface area contributed by atoms with E-state index >= 15 is 0 Å². The molecule has 2 aromatic rings. The third-order valence-electron chi connectivity index (χ3n) is 2.75. The Hall–Kier alpha value is -2.11. The van der Waals surface area contributed by atoms with Crippen molar-refractivity contribution in [3.63, 3.8) is 0 Å². The first-order valence-corrected chi connectivity index (χ1v) is 6.22. The molecule has 0 spiro atoms. The van der Waals surface area contributed by atoms with Crippen LogP contribution in [0.25, 0.3) is 0 Å². The van der Waals surface area contributed by atoms with E-state index < -0.39 is 5.82 Å². The largest absolute Gasteiger partial charge is 0.323 e. The fraction of sp³-hybridized carbons (Fsp3) is 0.0714. The lowest BCUT2D eigenvalue weighted by Crippen LogP contribution is -2.17. The van der Waals surface area contributed by atoms with Crippen LogP contribution in [0.3, 0.4) is 0 Å². The summed E-state index contributed by atoms with van der Waals surface area (Å²) in [6.45, 7) is 1.89. The summed E-state index contributed by atoms with van der Waals surface area (Å²) in [6, 6.07) is 8.95. The first-order chi connectivity index (χ1) is 9.51. The number of benzene rings is 2. The van der Waals surface area contributed by atoms with E-state index in [1.54, 1.807) is 18.2 Å². The number of nitrogens with one attached hydrogen (secondary N) is 2. The van der Waals surface area contributed by atoms with E-state index in [0.717, 1.165) is 11.6 Å². The number of anilines is 2. The van der Waals surface area contributed by atoms with Gasteiger partial charge in [-0.2, -0.15) is 0 Å². The molecular weight excluding hydrogens is 281 g/mol. The van der Waals surface area contributed by atoms with E-state index in [4.69, 9.17) is 17.4 Å². The van der Waals surface area contributed by atoms with Crippen LogP contribution in [-0.2, 0) is 0 Å². The highest BCUT2D eigenvalue weighted by Gasteiger charge is 2.13. The smallest absolute Gasteiger partial charge is 0.257 e. The van der Waals surface area contributed by atoms with Gasteiger partial charge in [0.2, 0.25) is 0 Å². The van der Waals surface area contributed by atoms with Crippen LogP contribution in [0.2, 0.25) is 5.02 Å². The Morgan fingerprint density at radius 3 is 2.60 bits per heavy atom. The molecule has 6 heteroatoms. The SMILES string of the molecule is Cc1ccc(C(=O)Nc2ccc(F)cc2Cl)c(NN)c1. The monoisotopic (exact) mass is 293 g/mol. The van der Waals surface area contributed by atoms with Crippen LogP contribution < -0.4 is 16.6 Å². The molecule has 20 heavy (non-hydrogen) atoms. The van der Waals surface area contributed by atoms with Gasteiger partial charge in [0.1, 0.15) is 5.82 Å². The maximum Gasteiger partial charge on any atom is 0.257 e. The number of carbonyl (C=O) groups excluding carboxylic acids is 1. The number of carbonyl (C=O) groups is 1. The molecule has 0 saturated carbocycles. The van der Waals surface area contributed by atoms with Crippen molar-refractivity contribution in [1.82, 2.24) is 0 Å². The van der Waals surface area contributed by atoms with Gasteiger partial charge in [0.25, 0.3) is 5.91 Å². The maximum absolute atomic E-state index is 12.9. The van der Waals surface area contributed by atoms with Crippen LogP contribution >= 0.6 is 11.6 Å². The van der Waals surface area contributed by atoms with Gasteiger partial charge in [0.15, 0.2) is 0 Å². The van der Waals surface area contributed by atoms with E-state index in [2.05, 4.69) is 10.7 Å². The molecule has 2 rings (SSSR count). The number of nitrogens with two attached hydrogens (primary N) is 1. The zero-order valence-electron chi connectivity index (χ0n) is 10.7. The van der Waals surface area contributed by atoms with Crippen molar-refractivity contribution in [3.8, 4) is 0 Å². The molecule has 0 saturated heterocycles. The van der Waals surface area contributed by atoms with E-state index in [0.29, 0.717) is 16.9 Å². The van der Waals surface area contributed by atoms with Crippen LogP contribution in [-0.4, -0.2) is 5.91 Å². The van der Waals surface area contributed by atoms with E-state index in [9.17, 15) is 9.18 Å². The van der Waals surface area contributed by atoms with Gasteiger partial charge in [0.05, 0.1) is 22.0 Å². The van der Waals surface area contributed by atoms with Crippen LogP contribution in [0.5, 0.6) is 0 Å². The molecule has 2 aromatic carbocycles. The van der Waals surface area contributed by atoms with E-state index in [1.807, 2.05) is 6.92 Å². The second-order valence-electron chi connectivity index (χ2n) is 4.27. The molecule has 4 N–H and O–H groups in total. The summed E-state index contributed by atoms with van der Waals surface area (Å²) in [7, 11) is 0. The minimum atomic E-state index is -0.465. The third kappa shape index (κ3) is 3.07. The van der Waals surface area contributed by atoms with Gasteiger partial charge in [-0.3, -0.25) is 10.6 Å². The van der Waals surface area contributed by atoms with Gasteiger partial charge in [-0.15, -0.1) is 0 Å². The molecular formula is C14H13ClFN3O. The number of hydrazine groups is 1. The van der Waals surface area contributed by atoms with Crippen LogP contribution in [0, 0.1) is 12.7 Å². The Bertz CT molecular complexity index is 661. The number of hydrogen-bond donors (Lipinski definition) is 3. The van der Waals surface area contributed by atoms with Gasteiger partial charge in [-0.25, -0.2) is 4.39 Å². The van der Waals surface area contributed by atoms with Crippen molar-refractivity contribution < 1.29 is 9.18 Å². The average Bonchev–Trinajstić information content (AvgIpc) is 2.41. The first kappa shape index (κ1) is 14.3. The number of hydrogen-bond acceptors (Lipinski definition) is 3. The van der Waals surface area contributed by atoms with Crippen molar-refractivity contribution >= 4 is 28.9 Å². The molecule has 0 unspecified atom stereocenters. The second-order valence-corrected chi connectivity index (χ2v) is 4.68. The van der Waals surface area contributed by atoms with Crippen molar-refractivity contribution in [3.05, 3.63) is 58.4 Å². The summed E-state index contributed by atoms with van der Waals surface area (Å²) < 4.78 is 12.9. The summed E-state index contributed by atoms with van der Waals surface area (Å²) in [5, 5.41) is 2.75. The minimum Gasteiger partial charge on any atom is -0.323 e. The molecule has 0 fully saturated rings. The standard InChI is InChI=1S/C14H13ClFN3O/c1-8-2-4-10(13(6-8)19-17)14(20)18-12-5-3-9(16)7-11(12)15/h2-7,19H,17H2,1H3,(H,18,20). The molecule has 0 aromatic heterocycles. The molecule has 0 bridgehead atoms. The number of nitrogen functional groups attached to an aromatic ring is 1. The highest BCUT2D eigenvalue weighted by molar-refractivity contribution is 6.34. The predicted octanol–water partition coefficient (Wildman–Crippen LogP) is 3.33. The Labute approximate surface area is 120 Å². The maximum atomic E-state index is 12.9. The van der Waals surface area contributed by atoms with Gasteiger partial charge >= 0.3 is 0 Å². The fourth-order valence-corrected chi connectivity index (χ4v) is 1.97. The molecule has 4 nitrogen and oxygen atoms in total. The quantitative estimate of drug-likeness (QED) is 0.601. The second kappa shape index (κ2) is 5.90.